The quantitative estimate of drug-likeness (QED) is 0.185. The molecule has 0 unspecified atom stereocenters. The van der Waals surface area contributed by atoms with Gasteiger partial charge in [-0.05, 0) is 91.0 Å². The molecule has 3 aliphatic rings. The van der Waals surface area contributed by atoms with E-state index in [0.29, 0.717) is 0 Å². The molecule has 0 bridgehead atoms. The summed E-state index contributed by atoms with van der Waals surface area (Å²) in [6, 6.07) is 71.4. The van der Waals surface area contributed by atoms with Crippen molar-refractivity contribution >= 4 is 0 Å². The zero-order chi connectivity index (χ0) is 33.6. The molecule has 8 aromatic rings. The van der Waals surface area contributed by atoms with Crippen LogP contribution in [0.4, 0.5) is 0 Å². The number of hydrogen-bond donors (Lipinski definition) is 0. The Kier molecular flexibility index (Phi) is 5.86. The molecule has 0 radical (unpaired) electrons. The average molecular weight is 649 g/mol. The molecule has 51 heavy (non-hydrogen) atoms. The third-order valence-corrected chi connectivity index (χ3v) is 11.6. The lowest BCUT2D eigenvalue weighted by Crippen LogP contribution is -2.32. The molecule has 1 heterocycles. The zero-order valence-corrected chi connectivity index (χ0v) is 27.9. The maximum absolute atomic E-state index is 6.73. The van der Waals surface area contributed by atoms with Crippen molar-refractivity contribution in [3.63, 3.8) is 0 Å². The minimum absolute atomic E-state index is 0.415. The first-order valence-electron chi connectivity index (χ1n) is 17.8. The molecule has 0 saturated carbocycles. The van der Waals surface area contributed by atoms with Crippen LogP contribution in [0.3, 0.4) is 0 Å². The summed E-state index contributed by atoms with van der Waals surface area (Å²) in [7, 11) is 0. The van der Waals surface area contributed by atoms with E-state index in [-0.39, 0.29) is 0 Å². The van der Waals surface area contributed by atoms with Crippen molar-refractivity contribution < 1.29 is 4.74 Å². The first-order chi connectivity index (χ1) is 25.3. The normalized spacial score (nSPS) is 14.7. The third-order valence-electron chi connectivity index (χ3n) is 11.6. The van der Waals surface area contributed by atoms with Crippen LogP contribution in [0.2, 0.25) is 0 Å². The van der Waals surface area contributed by atoms with E-state index in [1.807, 2.05) is 0 Å². The molecule has 1 spiro atoms. The Hall–Kier alpha value is -6.44. The molecule has 2 aliphatic carbocycles. The fourth-order valence-electron chi connectivity index (χ4n) is 9.66. The summed E-state index contributed by atoms with van der Waals surface area (Å²) in [6.45, 7) is 0. The van der Waals surface area contributed by atoms with Gasteiger partial charge < -0.3 is 4.74 Å². The van der Waals surface area contributed by atoms with Gasteiger partial charge in [0.2, 0.25) is 0 Å². The SMILES string of the molecule is c1ccc(C2(c3ccccc3)c3ccccc3-c3cc(-c4ccc5c(c4)C4(c6ccccc6O5)c5ccccc5-c5ccccc54)ccc32)cc1. The third kappa shape index (κ3) is 3.65. The first-order valence-corrected chi connectivity index (χ1v) is 17.8. The molecule has 8 aromatic carbocycles. The smallest absolute Gasteiger partial charge is 0.132 e. The van der Waals surface area contributed by atoms with Gasteiger partial charge in [-0.3, -0.25) is 0 Å². The Bertz CT molecular complexity index is 2580. The average Bonchev–Trinajstić information content (AvgIpc) is 3.67. The molecule has 0 atom stereocenters. The maximum Gasteiger partial charge on any atom is 0.132 e. The summed E-state index contributed by atoms with van der Waals surface area (Å²) in [5.74, 6) is 1.82. The lowest BCUT2D eigenvalue weighted by molar-refractivity contribution is 0.436. The van der Waals surface area contributed by atoms with Crippen LogP contribution in [0.1, 0.15) is 44.5 Å². The number of rotatable bonds is 3. The van der Waals surface area contributed by atoms with E-state index in [2.05, 4.69) is 194 Å². The Morgan fingerprint density at radius 2 is 0.706 bits per heavy atom. The van der Waals surface area contributed by atoms with Gasteiger partial charge in [0, 0.05) is 11.1 Å². The second-order valence-electron chi connectivity index (χ2n) is 13.9. The fraction of sp³-hybridized carbons (Fsp3) is 0.0400. The lowest BCUT2D eigenvalue weighted by Gasteiger charge is -2.39. The summed E-state index contributed by atoms with van der Waals surface area (Å²) in [5, 5.41) is 0. The number of ether oxygens (including phenoxy) is 1. The van der Waals surface area contributed by atoms with Gasteiger partial charge in [-0.25, -0.2) is 0 Å². The maximum atomic E-state index is 6.73. The van der Waals surface area contributed by atoms with Crippen LogP contribution in [-0.2, 0) is 10.8 Å². The largest absolute Gasteiger partial charge is 0.457 e. The van der Waals surface area contributed by atoms with Crippen LogP contribution in [0, 0.1) is 0 Å². The first kappa shape index (κ1) is 28.4. The van der Waals surface area contributed by atoms with E-state index >= 15 is 0 Å². The molecule has 1 nitrogen and oxygen atoms in total. The Morgan fingerprint density at radius 3 is 1.33 bits per heavy atom. The minimum atomic E-state index is -0.494. The van der Waals surface area contributed by atoms with Crippen LogP contribution >= 0.6 is 0 Å². The fourth-order valence-corrected chi connectivity index (χ4v) is 9.66. The highest BCUT2D eigenvalue weighted by Crippen LogP contribution is 2.63. The number of fused-ring (bicyclic) bond motifs is 12. The van der Waals surface area contributed by atoms with Crippen molar-refractivity contribution in [2.45, 2.75) is 10.8 Å². The van der Waals surface area contributed by atoms with Gasteiger partial charge in [0.15, 0.2) is 0 Å². The number of hydrogen-bond acceptors (Lipinski definition) is 1. The summed E-state index contributed by atoms with van der Waals surface area (Å²) < 4.78 is 6.73. The Morgan fingerprint density at radius 1 is 0.275 bits per heavy atom. The molecular weight excluding hydrogens is 617 g/mol. The summed E-state index contributed by atoms with van der Waals surface area (Å²) in [6.07, 6.45) is 0. The summed E-state index contributed by atoms with van der Waals surface area (Å²) in [4.78, 5) is 0. The van der Waals surface area contributed by atoms with Crippen molar-refractivity contribution in [3.8, 4) is 44.9 Å². The highest BCUT2D eigenvalue weighted by atomic mass is 16.5. The van der Waals surface area contributed by atoms with Gasteiger partial charge >= 0.3 is 0 Å². The molecule has 0 saturated heterocycles. The topological polar surface area (TPSA) is 9.23 Å². The van der Waals surface area contributed by atoms with Crippen molar-refractivity contribution in [3.05, 3.63) is 239 Å². The highest BCUT2D eigenvalue weighted by Gasteiger charge is 2.51. The minimum Gasteiger partial charge on any atom is -0.457 e. The van der Waals surface area contributed by atoms with Gasteiger partial charge in [-0.2, -0.15) is 0 Å². The van der Waals surface area contributed by atoms with E-state index < -0.39 is 10.8 Å². The predicted molar refractivity (Wildman–Crippen MR) is 207 cm³/mol. The molecule has 0 N–H and O–H groups in total. The predicted octanol–water partition coefficient (Wildman–Crippen LogP) is 12.2. The summed E-state index contributed by atoms with van der Waals surface area (Å²) >= 11 is 0. The number of para-hydroxylation sites is 1. The van der Waals surface area contributed by atoms with Crippen LogP contribution in [0.25, 0.3) is 33.4 Å². The van der Waals surface area contributed by atoms with Gasteiger partial charge in [0.05, 0.1) is 10.8 Å². The second-order valence-corrected chi connectivity index (χ2v) is 13.9. The van der Waals surface area contributed by atoms with Crippen LogP contribution < -0.4 is 4.74 Å². The molecule has 11 rings (SSSR count). The van der Waals surface area contributed by atoms with E-state index in [1.165, 1.54) is 77.9 Å². The second kappa shape index (κ2) is 10.5. The van der Waals surface area contributed by atoms with Crippen molar-refractivity contribution in [2.24, 2.45) is 0 Å². The van der Waals surface area contributed by atoms with Crippen LogP contribution in [-0.4, -0.2) is 0 Å². The highest BCUT2D eigenvalue weighted by molar-refractivity contribution is 5.91. The molecule has 238 valence electrons. The van der Waals surface area contributed by atoms with E-state index in [9.17, 15) is 0 Å². The van der Waals surface area contributed by atoms with Crippen LogP contribution in [0.5, 0.6) is 11.5 Å². The summed E-state index contributed by atoms with van der Waals surface area (Å²) in [5.41, 5.74) is 16.8. The van der Waals surface area contributed by atoms with Crippen molar-refractivity contribution in [2.75, 3.05) is 0 Å². The molecular formula is C50H32O. The van der Waals surface area contributed by atoms with E-state index in [1.54, 1.807) is 0 Å². The van der Waals surface area contributed by atoms with Crippen LogP contribution in [0.15, 0.2) is 194 Å². The molecule has 1 aliphatic heterocycles. The van der Waals surface area contributed by atoms with Gasteiger partial charge in [0.25, 0.3) is 0 Å². The van der Waals surface area contributed by atoms with Crippen molar-refractivity contribution in [1.82, 2.24) is 0 Å². The van der Waals surface area contributed by atoms with E-state index in [4.69, 9.17) is 4.74 Å². The molecule has 1 heteroatoms. The standard InChI is InChI=1S/C50H32O/c1-3-15-35(16-4-1)49(36-17-5-2-6-18-36)41-22-10-9-21-39(41)40-31-33(27-29-44(40)49)34-28-30-48-46(32-34)50(45-25-13-14-26-47(45)51-48)42-23-11-7-19-37(42)38-20-8-12-24-43(38)50/h1-32H. The zero-order valence-electron chi connectivity index (χ0n) is 27.9. The Labute approximate surface area is 298 Å². The monoisotopic (exact) mass is 648 g/mol. The molecule has 0 aromatic heterocycles. The lowest BCUT2D eigenvalue weighted by atomic mass is 9.65. The van der Waals surface area contributed by atoms with Gasteiger partial charge in [0.1, 0.15) is 11.5 Å². The number of benzene rings is 8. The molecule has 0 amide bonds. The van der Waals surface area contributed by atoms with E-state index in [0.717, 1.165) is 11.5 Å². The van der Waals surface area contributed by atoms with Crippen molar-refractivity contribution in [1.29, 1.82) is 0 Å². The Balaban J connectivity index is 1.16. The van der Waals surface area contributed by atoms with Gasteiger partial charge in [-0.1, -0.05) is 170 Å². The van der Waals surface area contributed by atoms with Gasteiger partial charge in [-0.15, -0.1) is 0 Å². The molecule has 0 fully saturated rings.